The van der Waals surface area contributed by atoms with Crippen molar-refractivity contribution in [1.82, 2.24) is 5.32 Å². The quantitative estimate of drug-likeness (QED) is 0.882. The van der Waals surface area contributed by atoms with E-state index in [0.717, 1.165) is 25.7 Å². The number of carbonyl (C=O) groups is 1. The zero-order chi connectivity index (χ0) is 15.1. The summed E-state index contributed by atoms with van der Waals surface area (Å²) >= 11 is 0. The average molecular weight is 298 g/mol. The van der Waals surface area contributed by atoms with Crippen LogP contribution in [0.2, 0.25) is 0 Å². The van der Waals surface area contributed by atoms with Crippen molar-refractivity contribution in [3.05, 3.63) is 35.4 Å². The third-order valence-electron chi connectivity index (χ3n) is 6.13. The van der Waals surface area contributed by atoms with Crippen molar-refractivity contribution in [3.8, 4) is 0 Å². The van der Waals surface area contributed by atoms with E-state index in [0.29, 0.717) is 23.9 Å². The molecule has 2 fully saturated rings. The molecule has 1 amide bonds. The molecule has 0 aliphatic heterocycles. The summed E-state index contributed by atoms with van der Waals surface area (Å²) in [6.07, 6.45) is 7.95. The normalized spacial score (nSPS) is 36.7. The smallest absolute Gasteiger partial charge is 0.227 e. The number of carbonyl (C=O) groups excluding carboxylic acids is 1. The van der Waals surface area contributed by atoms with Crippen LogP contribution in [0.5, 0.6) is 0 Å². The van der Waals surface area contributed by atoms with Gasteiger partial charge in [0, 0.05) is 12.1 Å². The van der Waals surface area contributed by atoms with E-state index in [2.05, 4.69) is 29.6 Å². The molecule has 0 saturated heterocycles. The van der Waals surface area contributed by atoms with Gasteiger partial charge >= 0.3 is 0 Å². The van der Waals surface area contributed by atoms with E-state index in [1.807, 2.05) is 0 Å². The summed E-state index contributed by atoms with van der Waals surface area (Å²) in [4.78, 5) is 12.8. The van der Waals surface area contributed by atoms with Crippen LogP contribution in [0.25, 0.3) is 0 Å². The van der Waals surface area contributed by atoms with E-state index >= 15 is 0 Å². The zero-order valence-electron chi connectivity index (χ0n) is 13.1. The molecule has 118 valence electrons. The van der Waals surface area contributed by atoms with Crippen LogP contribution in [0.3, 0.4) is 0 Å². The van der Waals surface area contributed by atoms with E-state index in [9.17, 15) is 4.79 Å². The molecule has 0 aromatic heterocycles. The molecule has 0 radical (unpaired) electrons. The lowest BCUT2D eigenvalue weighted by atomic mass is 9.67. The van der Waals surface area contributed by atoms with Crippen molar-refractivity contribution in [2.45, 2.75) is 62.9 Å². The van der Waals surface area contributed by atoms with Crippen LogP contribution in [0.4, 0.5) is 0 Å². The van der Waals surface area contributed by atoms with Crippen LogP contribution in [0, 0.1) is 11.8 Å². The van der Waals surface area contributed by atoms with Gasteiger partial charge in [-0.1, -0.05) is 30.7 Å². The Balaban J connectivity index is 1.49. The largest absolute Gasteiger partial charge is 0.352 e. The minimum atomic E-state index is 0.0625. The highest BCUT2D eigenvalue weighted by molar-refractivity contribution is 5.85. The minimum Gasteiger partial charge on any atom is -0.352 e. The molecule has 3 heteroatoms. The van der Waals surface area contributed by atoms with Crippen molar-refractivity contribution in [1.29, 1.82) is 0 Å². The number of amides is 1. The highest BCUT2D eigenvalue weighted by Crippen LogP contribution is 2.40. The third kappa shape index (κ3) is 2.45. The summed E-state index contributed by atoms with van der Waals surface area (Å²) in [5, 5.41) is 3.43. The number of rotatable bonds is 2. The van der Waals surface area contributed by atoms with Crippen LogP contribution in [-0.2, 0) is 11.2 Å². The Morgan fingerprint density at radius 3 is 2.59 bits per heavy atom. The molecule has 3 atom stereocenters. The van der Waals surface area contributed by atoms with E-state index in [4.69, 9.17) is 5.73 Å². The second-order valence-corrected chi connectivity index (χ2v) is 7.51. The number of hydrogen-bond donors (Lipinski definition) is 2. The molecule has 2 bridgehead atoms. The Morgan fingerprint density at radius 1 is 1.09 bits per heavy atom. The topological polar surface area (TPSA) is 55.1 Å². The maximum atomic E-state index is 12.8. The number of aryl methyl sites for hydroxylation is 1. The molecule has 3 N–H and O–H groups in total. The Morgan fingerprint density at radius 2 is 1.82 bits per heavy atom. The van der Waals surface area contributed by atoms with Crippen LogP contribution >= 0.6 is 0 Å². The summed E-state index contributed by atoms with van der Waals surface area (Å²) in [7, 11) is 0. The minimum absolute atomic E-state index is 0.0625. The second kappa shape index (κ2) is 5.69. The van der Waals surface area contributed by atoms with Crippen molar-refractivity contribution in [3.63, 3.8) is 0 Å². The average Bonchev–Trinajstić information content (AvgIpc) is 2.92. The predicted molar refractivity (Wildman–Crippen MR) is 87.5 cm³/mol. The van der Waals surface area contributed by atoms with Gasteiger partial charge in [0.25, 0.3) is 0 Å². The van der Waals surface area contributed by atoms with E-state index in [-0.39, 0.29) is 11.8 Å². The van der Waals surface area contributed by atoms with Crippen LogP contribution in [0.15, 0.2) is 24.3 Å². The van der Waals surface area contributed by atoms with Gasteiger partial charge in [-0.15, -0.1) is 0 Å². The molecule has 3 nitrogen and oxygen atoms in total. The monoisotopic (exact) mass is 298 g/mol. The van der Waals surface area contributed by atoms with Gasteiger partial charge in [0.15, 0.2) is 0 Å². The van der Waals surface area contributed by atoms with Crippen LogP contribution in [-0.4, -0.2) is 18.0 Å². The fraction of sp³-hybridized carbons (Fsp3) is 0.632. The highest BCUT2D eigenvalue weighted by Gasteiger charge is 2.41. The molecule has 3 aliphatic carbocycles. The first kappa shape index (κ1) is 14.3. The van der Waals surface area contributed by atoms with E-state index in [1.54, 1.807) is 0 Å². The van der Waals surface area contributed by atoms with Gasteiger partial charge < -0.3 is 11.1 Å². The molecular formula is C19H26N2O. The van der Waals surface area contributed by atoms with Gasteiger partial charge in [-0.05, 0) is 61.5 Å². The van der Waals surface area contributed by atoms with Crippen molar-refractivity contribution in [2.24, 2.45) is 17.6 Å². The van der Waals surface area contributed by atoms with Crippen LogP contribution < -0.4 is 11.1 Å². The fourth-order valence-corrected chi connectivity index (χ4v) is 5.12. The fourth-order valence-electron chi connectivity index (χ4n) is 5.12. The molecule has 0 spiro atoms. The maximum Gasteiger partial charge on any atom is 0.227 e. The summed E-state index contributed by atoms with van der Waals surface area (Å²) in [6.45, 7) is 0. The van der Waals surface area contributed by atoms with E-state index < -0.39 is 0 Å². The lowest BCUT2D eigenvalue weighted by Gasteiger charge is -2.45. The lowest BCUT2D eigenvalue weighted by molar-refractivity contribution is -0.124. The number of benzene rings is 1. The molecule has 3 aliphatic rings. The lowest BCUT2D eigenvalue weighted by Crippen LogP contribution is -2.54. The van der Waals surface area contributed by atoms with Gasteiger partial charge in [0.2, 0.25) is 5.91 Å². The number of fused-ring (bicyclic) bond motifs is 3. The summed E-state index contributed by atoms with van der Waals surface area (Å²) in [6, 6.07) is 9.14. The van der Waals surface area contributed by atoms with Crippen molar-refractivity contribution in [2.75, 3.05) is 0 Å². The first-order valence-corrected chi connectivity index (χ1v) is 8.86. The molecule has 2 saturated carbocycles. The van der Waals surface area contributed by atoms with Gasteiger partial charge in [-0.2, -0.15) is 0 Å². The van der Waals surface area contributed by atoms with Crippen LogP contribution in [0.1, 0.15) is 55.6 Å². The summed E-state index contributed by atoms with van der Waals surface area (Å²) in [5.74, 6) is 1.51. The molecule has 1 aromatic rings. The third-order valence-corrected chi connectivity index (χ3v) is 6.13. The number of nitrogens with two attached hydrogens (primary N) is 1. The Bertz CT molecular complexity index is 556. The Kier molecular flexibility index (Phi) is 3.69. The molecule has 4 rings (SSSR count). The summed E-state index contributed by atoms with van der Waals surface area (Å²) < 4.78 is 0. The molecule has 22 heavy (non-hydrogen) atoms. The predicted octanol–water partition coefficient (Wildman–Crippen LogP) is 2.74. The number of nitrogens with one attached hydrogen (secondary N) is 1. The first-order valence-electron chi connectivity index (χ1n) is 8.86. The van der Waals surface area contributed by atoms with Gasteiger partial charge in [-0.3, -0.25) is 4.79 Å². The first-order chi connectivity index (χ1) is 10.7. The molecule has 0 heterocycles. The standard InChI is InChI=1S/C19H26N2O/c20-15-10-13-5-3-6-14(11-15)18(13)21-19(22)17-9-8-12-4-1-2-7-16(12)17/h1-2,4,7,13-15,17-18H,3,5-6,8-11,20H2,(H,21,22). The Labute approximate surface area is 132 Å². The van der Waals surface area contributed by atoms with Crippen molar-refractivity contribution < 1.29 is 4.79 Å². The number of hydrogen-bond acceptors (Lipinski definition) is 2. The SMILES string of the molecule is NC1CC2CCCC(C1)C2NC(=O)C1CCc2ccccc21. The van der Waals surface area contributed by atoms with Gasteiger partial charge in [0.1, 0.15) is 0 Å². The van der Waals surface area contributed by atoms with Gasteiger partial charge in [0.05, 0.1) is 5.92 Å². The van der Waals surface area contributed by atoms with Gasteiger partial charge in [-0.25, -0.2) is 0 Å². The molecular weight excluding hydrogens is 272 g/mol. The highest BCUT2D eigenvalue weighted by atomic mass is 16.2. The summed E-state index contributed by atoms with van der Waals surface area (Å²) in [5.41, 5.74) is 8.79. The van der Waals surface area contributed by atoms with E-state index in [1.165, 1.54) is 30.4 Å². The zero-order valence-corrected chi connectivity index (χ0v) is 13.1. The van der Waals surface area contributed by atoms with Crippen molar-refractivity contribution >= 4 is 5.91 Å². The Hall–Kier alpha value is -1.35. The maximum absolute atomic E-state index is 12.8. The molecule has 1 aromatic carbocycles. The molecule has 3 unspecified atom stereocenters. The second-order valence-electron chi connectivity index (χ2n) is 7.51.